The van der Waals surface area contributed by atoms with E-state index in [1.54, 1.807) is 0 Å². The summed E-state index contributed by atoms with van der Waals surface area (Å²) in [4.78, 5) is 11.9. The van der Waals surface area contributed by atoms with Crippen molar-refractivity contribution in [1.29, 1.82) is 0 Å². The summed E-state index contributed by atoms with van der Waals surface area (Å²) < 4.78 is 5.37. The van der Waals surface area contributed by atoms with Gasteiger partial charge in [0.2, 0.25) is 0 Å². The molecule has 1 N–H and O–H groups in total. The molecule has 0 aromatic heterocycles. The van der Waals surface area contributed by atoms with Gasteiger partial charge in [-0.15, -0.1) is 0 Å². The molecule has 1 atom stereocenters. The molecule has 0 spiro atoms. The van der Waals surface area contributed by atoms with Crippen LogP contribution in [0.5, 0.6) is 0 Å². The van der Waals surface area contributed by atoms with Crippen LogP contribution >= 0.6 is 0 Å². The molecular formula is C15H23NO2. The third-order valence-electron chi connectivity index (χ3n) is 2.94. The molecule has 0 heterocycles. The van der Waals surface area contributed by atoms with Crippen molar-refractivity contribution in [1.82, 2.24) is 5.32 Å². The Hall–Kier alpha value is -1.35. The van der Waals surface area contributed by atoms with E-state index in [1.807, 2.05) is 38.1 Å². The topological polar surface area (TPSA) is 38.3 Å². The maximum Gasteiger partial charge on any atom is 0.323 e. The molecule has 0 fully saturated rings. The highest BCUT2D eigenvalue weighted by atomic mass is 16.5. The van der Waals surface area contributed by atoms with E-state index >= 15 is 0 Å². The minimum absolute atomic E-state index is 0.151. The van der Waals surface area contributed by atoms with Gasteiger partial charge in [0.15, 0.2) is 0 Å². The van der Waals surface area contributed by atoms with E-state index in [1.165, 1.54) is 0 Å². The Labute approximate surface area is 110 Å². The number of hydrogen-bond donors (Lipinski definition) is 1. The van der Waals surface area contributed by atoms with Crippen LogP contribution in [0.2, 0.25) is 0 Å². The van der Waals surface area contributed by atoms with E-state index in [0.29, 0.717) is 6.61 Å². The van der Waals surface area contributed by atoms with Crippen molar-refractivity contribution in [3.8, 4) is 0 Å². The molecule has 100 valence electrons. The third-order valence-corrected chi connectivity index (χ3v) is 2.94. The van der Waals surface area contributed by atoms with Crippen LogP contribution in [0.1, 0.15) is 37.8 Å². The molecule has 0 unspecified atom stereocenters. The number of carbonyl (C=O) groups excluding carboxylic acids is 1. The fraction of sp³-hybridized carbons (Fsp3) is 0.533. The minimum Gasteiger partial charge on any atom is -0.460 e. The van der Waals surface area contributed by atoms with Crippen LogP contribution in [0.25, 0.3) is 0 Å². The number of benzene rings is 1. The maximum absolute atomic E-state index is 11.9. The molecule has 0 bridgehead atoms. The van der Waals surface area contributed by atoms with Crippen LogP contribution in [0, 0.1) is 6.92 Å². The summed E-state index contributed by atoms with van der Waals surface area (Å²) in [5.74, 6) is -0.151. The van der Waals surface area contributed by atoms with Gasteiger partial charge in [-0.05, 0) is 31.0 Å². The van der Waals surface area contributed by atoms with Gasteiger partial charge in [-0.3, -0.25) is 4.79 Å². The molecule has 0 aliphatic carbocycles. The number of nitrogens with one attached hydrogen (secondary N) is 1. The van der Waals surface area contributed by atoms with Crippen LogP contribution in [0.4, 0.5) is 0 Å². The molecule has 1 aromatic rings. The molecule has 0 amide bonds. The number of likely N-dealkylation sites (N-methyl/N-ethyl adjacent to an activating group) is 1. The highest BCUT2D eigenvalue weighted by molar-refractivity contribution is 5.75. The van der Waals surface area contributed by atoms with E-state index in [0.717, 1.165) is 30.5 Å². The molecule has 0 radical (unpaired) electrons. The van der Waals surface area contributed by atoms with Gasteiger partial charge in [-0.25, -0.2) is 0 Å². The largest absolute Gasteiger partial charge is 0.460 e. The Kier molecular flexibility index (Phi) is 6.44. The third kappa shape index (κ3) is 4.49. The molecule has 1 rings (SSSR count). The van der Waals surface area contributed by atoms with Gasteiger partial charge in [0.1, 0.15) is 12.6 Å². The smallest absolute Gasteiger partial charge is 0.323 e. The minimum atomic E-state index is -0.177. The fourth-order valence-corrected chi connectivity index (χ4v) is 1.86. The SMILES string of the molecule is CCC[C@H](NCC)C(=O)OCc1ccccc1C. The van der Waals surface area contributed by atoms with E-state index in [-0.39, 0.29) is 12.0 Å². The average Bonchev–Trinajstić information content (AvgIpc) is 2.37. The Bertz CT molecular complexity index is 371. The van der Waals surface area contributed by atoms with Crippen molar-refractivity contribution in [3.05, 3.63) is 35.4 Å². The molecule has 0 aliphatic rings. The highest BCUT2D eigenvalue weighted by Gasteiger charge is 2.17. The van der Waals surface area contributed by atoms with Crippen molar-refractivity contribution < 1.29 is 9.53 Å². The Balaban J connectivity index is 2.51. The van der Waals surface area contributed by atoms with Gasteiger partial charge < -0.3 is 10.1 Å². The normalized spacial score (nSPS) is 12.2. The van der Waals surface area contributed by atoms with Gasteiger partial charge >= 0.3 is 5.97 Å². The summed E-state index contributed by atoms with van der Waals surface area (Å²) >= 11 is 0. The number of carbonyl (C=O) groups is 1. The van der Waals surface area contributed by atoms with E-state index in [4.69, 9.17) is 4.74 Å². The standard InChI is InChI=1S/C15H23NO2/c1-4-8-14(16-5-2)15(17)18-11-13-10-7-6-9-12(13)3/h6-7,9-10,14,16H,4-5,8,11H2,1-3H3/t14-/m0/s1. The first kappa shape index (κ1) is 14.7. The zero-order valence-electron chi connectivity index (χ0n) is 11.5. The van der Waals surface area contributed by atoms with Gasteiger partial charge in [0, 0.05) is 0 Å². The summed E-state index contributed by atoms with van der Waals surface area (Å²) in [6.45, 7) is 7.23. The zero-order chi connectivity index (χ0) is 13.4. The second-order valence-electron chi connectivity index (χ2n) is 4.43. The Morgan fingerprint density at radius 1 is 1.33 bits per heavy atom. The number of aryl methyl sites for hydroxylation is 1. The lowest BCUT2D eigenvalue weighted by molar-refractivity contribution is -0.147. The first-order chi connectivity index (χ1) is 8.69. The molecule has 18 heavy (non-hydrogen) atoms. The summed E-state index contributed by atoms with van der Waals surface area (Å²) in [5, 5.41) is 3.16. The number of ether oxygens (including phenoxy) is 1. The summed E-state index contributed by atoms with van der Waals surface area (Å²) in [7, 11) is 0. The van der Waals surface area contributed by atoms with Crippen molar-refractivity contribution in [2.24, 2.45) is 0 Å². The maximum atomic E-state index is 11.9. The van der Waals surface area contributed by atoms with Crippen molar-refractivity contribution in [2.45, 2.75) is 46.3 Å². The second kappa shape index (κ2) is 7.88. The van der Waals surface area contributed by atoms with E-state index in [9.17, 15) is 4.79 Å². The lowest BCUT2D eigenvalue weighted by atomic mass is 10.1. The van der Waals surface area contributed by atoms with Crippen molar-refractivity contribution in [3.63, 3.8) is 0 Å². The first-order valence-electron chi connectivity index (χ1n) is 6.63. The molecule has 3 nitrogen and oxygen atoms in total. The van der Waals surface area contributed by atoms with Crippen LogP contribution in [0.3, 0.4) is 0 Å². The quantitative estimate of drug-likeness (QED) is 0.755. The molecule has 0 saturated heterocycles. The molecule has 0 aliphatic heterocycles. The molecule has 3 heteroatoms. The zero-order valence-corrected chi connectivity index (χ0v) is 11.5. The number of hydrogen-bond acceptors (Lipinski definition) is 3. The van der Waals surface area contributed by atoms with Crippen molar-refractivity contribution in [2.75, 3.05) is 6.54 Å². The molecule has 0 saturated carbocycles. The van der Waals surface area contributed by atoms with Crippen LogP contribution < -0.4 is 5.32 Å². The average molecular weight is 249 g/mol. The summed E-state index contributed by atoms with van der Waals surface area (Å²) in [6, 6.07) is 7.79. The highest BCUT2D eigenvalue weighted by Crippen LogP contribution is 2.09. The fourth-order valence-electron chi connectivity index (χ4n) is 1.86. The van der Waals surface area contributed by atoms with E-state index < -0.39 is 0 Å². The molecule has 1 aromatic carbocycles. The van der Waals surface area contributed by atoms with Crippen LogP contribution in [-0.4, -0.2) is 18.6 Å². The number of esters is 1. The lowest BCUT2D eigenvalue weighted by Gasteiger charge is -2.16. The van der Waals surface area contributed by atoms with Gasteiger partial charge in [-0.1, -0.05) is 44.5 Å². The second-order valence-corrected chi connectivity index (χ2v) is 4.43. The predicted molar refractivity (Wildman–Crippen MR) is 73.3 cm³/mol. The van der Waals surface area contributed by atoms with Gasteiger partial charge in [0.05, 0.1) is 0 Å². The van der Waals surface area contributed by atoms with Crippen LogP contribution in [0.15, 0.2) is 24.3 Å². The predicted octanol–water partition coefficient (Wildman–Crippen LogP) is 2.82. The van der Waals surface area contributed by atoms with Gasteiger partial charge in [-0.2, -0.15) is 0 Å². The summed E-state index contributed by atoms with van der Waals surface area (Å²) in [6.07, 6.45) is 1.79. The first-order valence-corrected chi connectivity index (χ1v) is 6.63. The summed E-state index contributed by atoms with van der Waals surface area (Å²) in [5.41, 5.74) is 2.22. The van der Waals surface area contributed by atoms with E-state index in [2.05, 4.69) is 12.2 Å². The van der Waals surface area contributed by atoms with Crippen LogP contribution in [-0.2, 0) is 16.1 Å². The monoisotopic (exact) mass is 249 g/mol. The van der Waals surface area contributed by atoms with Crippen molar-refractivity contribution >= 4 is 5.97 Å². The van der Waals surface area contributed by atoms with Gasteiger partial charge in [0.25, 0.3) is 0 Å². The molecular weight excluding hydrogens is 226 g/mol. The Morgan fingerprint density at radius 3 is 2.67 bits per heavy atom. The number of rotatable bonds is 7. The lowest BCUT2D eigenvalue weighted by Crippen LogP contribution is -2.37. The Morgan fingerprint density at radius 2 is 2.06 bits per heavy atom.